The monoisotopic (exact) mass is 272 g/mol. The second kappa shape index (κ2) is 5.28. The molecule has 5 nitrogen and oxygen atoms in total. The highest BCUT2D eigenvalue weighted by atomic mass is 16.4. The Morgan fingerprint density at radius 3 is 2.70 bits per heavy atom. The van der Waals surface area contributed by atoms with E-state index in [0.29, 0.717) is 6.54 Å². The van der Waals surface area contributed by atoms with Gasteiger partial charge in [-0.15, -0.1) is 0 Å². The van der Waals surface area contributed by atoms with Gasteiger partial charge in [0.1, 0.15) is 0 Å². The van der Waals surface area contributed by atoms with Crippen LogP contribution in [0.15, 0.2) is 52.0 Å². The zero-order valence-electron chi connectivity index (χ0n) is 11.0. The fraction of sp³-hybridized carbons (Fsp3) is 0.267. The zero-order valence-corrected chi connectivity index (χ0v) is 11.0. The van der Waals surface area contributed by atoms with E-state index in [4.69, 9.17) is 0 Å². The molecule has 0 atom stereocenters. The maximum absolute atomic E-state index is 11.3. The van der Waals surface area contributed by atoms with Crippen molar-refractivity contribution in [3.05, 3.63) is 53.3 Å². The van der Waals surface area contributed by atoms with Crippen LogP contribution in [0.4, 0.5) is 0 Å². The van der Waals surface area contributed by atoms with Crippen LogP contribution in [-0.2, 0) is 13.1 Å². The van der Waals surface area contributed by atoms with Crippen molar-refractivity contribution >= 4 is 10.9 Å². The zero-order chi connectivity index (χ0) is 13.9. The van der Waals surface area contributed by atoms with Crippen LogP contribution in [0.2, 0.25) is 0 Å². The van der Waals surface area contributed by atoms with Gasteiger partial charge >= 0.3 is 5.76 Å². The Hall–Kier alpha value is -2.43. The normalized spacial score (nSPS) is 11.2. The van der Waals surface area contributed by atoms with E-state index in [1.54, 1.807) is 0 Å². The van der Waals surface area contributed by atoms with Crippen LogP contribution >= 0.6 is 0 Å². The van der Waals surface area contributed by atoms with Crippen molar-refractivity contribution in [2.75, 3.05) is 0 Å². The Morgan fingerprint density at radius 2 is 1.90 bits per heavy atom. The SMILES string of the molecule is O=c1occ(O)n1CCCCn1ccc2ccccc21. The van der Waals surface area contributed by atoms with Crippen LogP contribution in [0, 0.1) is 0 Å². The van der Waals surface area contributed by atoms with Crippen LogP contribution in [0.3, 0.4) is 0 Å². The summed E-state index contributed by atoms with van der Waals surface area (Å²) < 4.78 is 8.05. The first-order valence-corrected chi connectivity index (χ1v) is 6.67. The van der Waals surface area contributed by atoms with E-state index in [-0.39, 0.29) is 5.88 Å². The van der Waals surface area contributed by atoms with Gasteiger partial charge in [0.25, 0.3) is 0 Å². The van der Waals surface area contributed by atoms with Crippen LogP contribution in [0.25, 0.3) is 10.9 Å². The van der Waals surface area contributed by atoms with Crippen LogP contribution in [0.5, 0.6) is 5.88 Å². The van der Waals surface area contributed by atoms with Crippen molar-refractivity contribution in [1.82, 2.24) is 9.13 Å². The third kappa shape index (κ3) is 2.34. The van der Waals surface area contributed by atoms with E-state index < -0.39 is 5.76 Å². The number of oxazole rings is 1. The first kappa shape index (κ1) is 12.6. The Kier molecular flexibility index (Phi) is 3.33. The lowest BCUT2D eigenvalue weighted by molar-refractivity contribution is 0.403. The average molecular weight is 272 g/mol. The van der Waals surface area contributed by atoms with Gasteiger partial charge in [-0.3, -0.25) is 0 Å². The molecule has 1 aromatic carbocycles. The Balaban J connectivity index is 1.59. The number of nitrogens with zero attached hydrogens (tertiary/aromatic N) is 2. The molecule has 0 aliphatic carbocycles. The molecule has 20 heavy (non-hydrogen) atoms. The largest absolute Gasteiger partial charge is 0.492 e. The minimum atomic E-state index is -0.506. The Bertz CT molecular complexity index is 767. The molecule has 2 aromatic heterocycles. The summed E-state index contributed by atoms with van der Waals surface area (Å²) >= 11 is 0. The molecule has 0 aliphatic rings. The molecule has 104 valence electrons. The maximum Gasteiger partial charge on any atom is 0.421 e. The van der Waals surface area contributed by atoms with Crippen molar-refractivity contribution in [3.8, 4) is 5.88 Å². The van der Waals surface area contributed by atoms with E-state index in [1.807, 2.05) is 12.1 Å². The van der Waals surface area contributed by atoms with Gasteiger partial charge in [0.05, 0.1) is 0 Å². The minimum Gasteiger partial charge on any atom is -0.492 e. The van der Waals surface area contributed by atoms with E-state index >= 15 is 0 Å². The summed E-state index contributed by atoms with van der Waals surface area (Å²) in [5.41, 5.74) is 1.22. The summed E-state index contributed by atoms with van der Waals surface area (Å²) in [6, 6.07) is 10.3. The molecule has 0 aliphatic heterocycles. The van der Waals surface area contributed by atoms with Crippen molar-refractivity contribution < 1.29 is 9.52 Å². The summed E-state index contributed by atoms with van der Waals surface area (Å²) in [5.74, 6) is -0.615. The number of unbranched alkanes of at least 4 members (excludes halogenated alkanes) is 1. The van der Waals surface area contributed by atoms with E-state index in [1.165, 1.54) is 15.5 Å². The Labute approximate surface area is 115 Å². The van der Waals surface area contributed by atoms with E-state index in [2.05, 4.69) is 33.4 Å². The second-order valence-electron chi connectivity index (χ2n) is 4.79. The molecular weight excluding hydrogens is 256 g/mol. The molecule has 2 heterocycles. The number of hydrogen-bond donors (Lipinski definition) is 1. The van der Waals surface area contributed by atoms with Crippen LogP contribution in [0.1, 0.15) is 12.8 Å². The number of benzene rings is 1. The molecule has 0 bridgehead atoms. The average Bonchev–Trinajstić information content (AvgIpc) is 3.01. The van der Waals surface area contributed by atoms with Gasteiger partial charge in [0.15, 0.2) is 6.26 Å². The number of rotatable bonds is 5. The van der Waals surface area contributed by atoms with Gasteiger partial charge < -0.3 is 14.1 Å². The molecule has 5 heteroatoms. The lowest BCUT2D eigenvalue weighted by Gasteiger charge is -2.06. The van der Waals surface area contributed by atoms with Gasteiger partial charge in [-0.25, -0.2) is 9.36 Å². The number of para-hydroxylation sites is 1. The summed E-state index contributed by atoms with van der Waals surface area (Å²) in [6.45, 7) is 1.36. The third-order valence-corrected chi connectivity index (χ3v) is 3.47. The smallest absolute Gasteiger partial charge is 0.421 e. The quantitative estimate of drug-likeness (QED) is 0.726. The second-order valence-corrected chi connectivity index (χ2v) is 4.79. The van der Waals surface area contributed by atoms with Crippen molar-refractivity contribution in [2.24, 2.45) is 0 Å². The molecule has 3 aromatic rings. The maximum atomic E-state index is 11.3. The lowest BCUT2D eigenvalue weighted by atomic mass is 10.2. The number of aryl methyl sites for hydroxylation is 1. The Morgan fingerprint density at radius 1 is 1.10 bits per heavy atom. The highest BCUT2D eigenvalue weighted by Gasteiger charge is 2.06. The molecule has 0 spiro atoms. The van der Waals surface area contributed by atoms with Gasteiger partial charge in [-0.2, -0.15) is 0 Å². The fourth-order valence-electron chi connectivity index (χ4n) is 2.42. The lowest BCUT2D eigenvalue weighted by Crippen LogP contribution is -2.14. The first-order valence-electron chi connectivity index (χ1n) is 6.67. The standard InChI is InChI=1S/C15H16N2O3/c18-14-11-20-15(19)17(14)9-4-3-8-16-10-7-12-5-1-2-6-13(12)16/h1-2,5-7,10-11,18H,3-4,8-9H2. The van der Waals surface area contributed by atoms with Crippen molar-refractivity contribution in [2.45, 2.75) is 25.9 Å². The van der Waals surface area contributed by atoms with Crippen molar-refractivity contribution in [3.63, 3.8) is 0 Å². The highest BCUT2D eigenvalue weighted by molar-refractivity contribution is 5.79. The summed E-state index contributed by atoms with van der Waals surface area (Å²) in [7, 11) is 0. The number of fused-ring (bicyclic) bond motifs is 1. The van der Waals surface area contributed by atoms with Gasteiger partial charge in [0.2, 0.25) is 5.88 Å². The first-order chi connectivity index (χ1) is 9.75. The van der Waals surface area contributed by atoms with Gasteiger partial charge in [0, 0.05) is 24.8 Å². The predicted octanol–water partition coefficient (Wildman–Crippen LogP) is 2.58. The number of aromatic nitrogens is 2. The summed E-state index contributed by atoms with van der Waals surface area (Å²) in [4.78, 5) is 11.3. The molecule has 1 N–H and O–H groups in total. The number of aromatic hydroxyl groups is 1. The van der Waals surface area contributed by atoms with E-state index in [9.17, 15) is 9.90 Å². The molecule has 0 radical (unpaired) electrons. The molecule has 0 saturated heterocycles. The number of hydrogen-bond acceptors (Lipinski definition) is 3. The van der Waals surface area contributed by atoms with Gasteiger partial charge in [-0.05, 0) is 30.4 Å². The van der Waals surface area contributed by atoms with Gasteiger partial charge in [-0.1, -0.05) is 18.2 Å². The predicted molar refractivity (Wildman–Crippen MR) is 75.8 cm³/mol. The molecule has 0 unspecified atom stereocenters. The molecule has 0 saturated carbocycles. The summed E-state index contributed by atoms with van der Waals surface area (Å²) in [6.07, 6.45) is 4.88. The third-order valence-electron chi connectivity index (χ3n) is 3.47. The highest BCUT2D eigenvalue weighted by Crippen LogP contribution is 2.16. The van der Waals surface area contributed by atoms with Crippen LogP contribution < -0.4 is 5.76 Å². The molecule has 3 rings (SSSR count). The minimum absolute atomic E-state index is 0.110. The fourth-order valence-corrected chi connectivity index (χ4v) is 2.42. The molecule has 0 fully saturated rings. The van der Waals surface area contributed by atoms with E-state index in [0.717, 1.165) is 25.6 Å². The molecule has 0 amide bonds. The topological polar surface area (TPSA) is 60.3 Å². The van der Waals surface area contributed by atoms with Crippen LogP contribution in [-0.4, -0.2) is 14.2 Å². The summed E-state index contributed by atoms with van der Waals surface area (Å²) in [5, 5.41) is 10.7. The molecular formula is C15H16N2O3. The van der Waals surface area contributed by atoms with Crippen molar-refractivity contribution in [1.29, 1.82) is 0 Å².